The summed E-state index contributed by atoms with van der Waals surface area (Å²) in [6.07, 6.45) is 1.84. The van der Waals surface area contributed by atoms with E-state index in [9.17, 15) is 4.79 Å². The van der Waals surface area contributed by atoms with Gasteiger partial charge in [0.25, 0.3) is 0 Å². The fourth-order valence-corrected chi connectivity index (χ4v) is 1.82. The van der Waals surface area contributed by atoms with E-state index in [1.807, 2.05) is 0 Å². The van der Waals surface area contributed by atoms with E-state index in [1.54, 1.807) is 18.2 Å². The summed E-state index contributed by atoms with van der Waals surface area (Å²) in [5.74, 6) is 1.37. The minimum atomic E-state index is -0.192. The summed E-state index contributed by atoms with van der Waals surface area (Å²) in [5.41, 5.74) is 0.697. The largest absolute Gasteiger partial charge is 0.454 e. The molecule has 0 fully saturated rings. The van der Waals surface area contributed by atoms with Crippen molar-refractivity contribution in [1.29, 1.82) is 0 Å². The second kappa shape index (κ2) is 5.62. The van der Waals surface area contributed by atoms with Gasteiger partial charge in [-0.2, -0.15) is 0 Å². The Morgan fingerprint density at radius 1 is 1.28 bits per heavy atom. The van der Waals surface area contributed by atoms with Gasteiger partial charge in [0.1, 0.15) is 0 Å². The Balaban J connectivity index is 1.95. The number of urea groups is 1. The second-order valence-electron chi connectivity index (χ2n) is 4.18. The third-order valence-electron chi connectivity index (χ3n) is 2.95. The van der Waals surface area contributed by atoms with Gasteiger partial charge in [0, 0.05) is 17.8 Å². The minimum Gasteiger partial charge on any atom is -0.454 e. The lowest BCUT2D eigenvalue weighted by Gasteiger charge is -2.15. The van der Waals surface area contributed by atoms with Gasteiger partial charge in [0.15, 0.2) is 11.5 Å². The molecule has 2 rings (SSSR count). The summed E-state index contributed by atoms with van der Waals surface area (Å²) in [6, 6.07) is 5.35. The van der Waals surface area contributed by atoms with Crippen LogP contribution in [0.2, 0.25) is 0 Å². The molecule has 0 bridgehead atoms. The molecule has 2 N–H and O–H groups in total. The molecule has 1 aromatic carbocycles. The van der Waals surface area contributed by atoms with E-state index in [2.05, 4.69) is 24.5 Å². The monoisotopic (exact) mass is 250 g/mol. The highest BCUT2D eigenvalue weighted by Gasteiger charge is 2.14. The molecule has 0 aromatic heterocycles. The molecule has 0 spiro atoms. The molecule has 0 saturated carbocycles. The van der Waals surface area contributed by atoms with Crippen molar-refractivity contribution < 1.29 is 14.3 Å². The molecule has 5 nitrogen and oxygen atoms in total. The zero-order chi connectivity index (χ0) is 13.0. The lowest BCUT2D eigenvalue weighted by Crippen LogP contribution is -2.37. The molecule has 1 heterocycles. The molecule has 1 aromatic rings. The van der Waals surface area contributed by atoms with Gasteiger partial charge in [-0.15, -0.1) is 0 Å². The zero-order valence-corrected chi connectivity index (χ0v) is 10.7. The average molecular weight is 250 g/mol. The van der Waals surface area contributed by atoms with Crippen LogP contribution in [-0.2, 0) is 0 Å². The summed E-state index contributed by atoms with van der Waals surface area (Å²) >= 11 is 0. The number of carbonyl (C=O) groups is 1. The smallest absolute Gasteiger partial charge is 0.319 e. The molecule has 0 unspecified atom stereocenters. The van der Waals surface area contributed by atoms with Crippen molar-refractivity contribution >= 4 is 11.7 Å². The number of amides is 2. The van der Waals surface area contributed by atoms with Crippen LogP contribution in [-0.4, -0.2) is 18.9 Å². The zero-order valence-electron chi connectivity index (χ0n) is 10.7. The van der Waals surface area contributed by atoms with Crippen LogP contribution < -0.4 is 20.1 Å². The Kier molecular flexibility index (Phi) is 3.92. The van der Waals surface area contributed by atoms with Crippen molar-refractivity contribution in [1.82, 2.24) is 5.32 Å². The lowest BCUT2D eigenvalue weighted by atomic mass is 10.2. The van der Waals surface area contributed by atoms with E-state index in [4.69, 9.17) is 9.47 Å². The number of hydrogen-bond acceptors (Lipinski definition) is 3. The number of carbonyl (C=O) groups excluding carboxylic acids is 1. The molecule has 2 amide bonds. The normalized spacial score (nSPS) is 12.6. The number of nitrogens with one attached hydrogen (secondary N) is 2. The number of benzene rings is 1. The van der Waals surface area contributed by atoms with Gasteiger partial charge >= 0.3 is 6.03 Å². The maximum Gasteiger partial charge on any atom is 0.319 e. The fraction of sp³-hybridized carbons (Fsp3) is 0.462. The van der Waals surface area contributed by atoms with E-state index in [0.29, 0.717) is 17.2 Å². The van der Waals surface area contributed by atoms with Crippen LogP contribution in [0.15, 0.2) is 18.2 Å². The second-order valence-corrected chi connectivity index (χ2v) is 4.18. The molecule has 0 atom stereocenters. The molecule has 0 radical (unpaired) electrons. The van der Waals surface area contributed by atoms with Crippen LogP contribution in [0.4, 0.5) is 10.5 Å². The standard InChI is InChI=1S/C13H18N2O3/c1-3-9(4-2)14-13(16)15-10-5-6-11-12(7-10)18-8-17-11/h5-7,9H,3-4,8H2,1-2H3,(H2,14,15,16). The minimum absolute atomic E-state index is 0.192. The van der Waals surface area contributed by atoms with Crippen molar-refractivity contribution in [2.75, 3.05) is 12.1 Å². The molecule has 0 saturated heterocycles. The van der Waals surface area contributed by atoms with Crippen LogP contribution >= 0.6 is 0 Å². The summed E-state index contributed by atoms with van der Waals surface area (Å²) in [5, 5.41) is 5.70. The van der Waals surface area contributed by atoms with Gasteiger partial charge in [-0.05, 0) is 25.0 Å². The van der Waals surface area contributed by atoms with Crippen molar-refractivity contribution in [2.24, 2.45) is 0 Å². The van der Waals surface area contributed by atoms with Crippen molar-refractivity contribution in [3.8, 4) is 11.5 Å². The van der Waals surface area contributed by atoms with Crippen LogP contribution in [0.25, 0.3) is 0 Å². The predicted octanol–water partition coefficient (Wildman–Crippen LogP) is 2.73. The third-order valence-corrected chi connectivity index (χ3v) is 2.95. The SMILES string of the molecule is CCC(CC)NC(=O)Nc1ccc2c(c1)OCO2. The van der Waals surface area contributed by atoms with Crippen LogP contribution in [0.5, 0.6) is 11.5 Å². The maximum absolute atomic E-state index is 11.7. The van der Waals surface area contributed by atoms with Crippen molar-refractivity contribution in [2.45, 2.75) is 32.7 Å². The highest BCUT2D eigenvalue weighted by molar-refractivity contribution is 5.89. The molecule has 98 valence electrons. The van der Waals surface area contributed by atoms with Crippen LogP contribution in [0.3, 0.4) is 0 Å². The van der Waals surface area contributed by atoms with E-state index in [-0.39, 0.29) is 18.9 Å². The summed E-state index contributed by atoms with van der Waals surface area (Å²) in [4.78, 5) is 11.7. The van der Waals surface area contributed by atoms with Gasteiger partial charge in [-0.1, -0.05) is 13.8 Å². The van der Waals surface area contributed by atoms with Gasteiger partial charge in [-0.25, -0.2) is 4.79 Å². The molecule has 1 aliphatic heterocycles. The summed E-state index contributed by atoms with van der Waals surface area (Å²) in [6.45, 7) is 4.34. The maximum atomic E-state index is 11.7. The predicted molar refractivity (Wildman–Crippen MR) is 69.1 cm³/mol. The number of hydrogen-bond donors (Lipinski definition) is 2. The Labute approximate surface area is 106 Å². The Morgan fingerprint density at radius 3 is 2.72 bits per heavy atom. The number of fused-ring (bicyclic) bond motifs is 1. The van der Waals surface area contributed by atoms with Crippen LogP contribution in [0.1, 0.15) is 26.7 Å². The first-order valence-corrected chi connectivity index (χ1v) is 6.20. The molecule has 1 aliphatic rings. The fourth-order valence-electron chi connectivity index (χ4n) is 1.82. The van der Waals surface area contributed by atoms with E-state index in [1.165, 1.54) is 0 Å². The van der Waals surface area contributed by atoms with Gasteiger partial charge in [0.05, 0.1) is 0 Å². The molecule has 0 aliphatic carbocycles. The Hall–Kier alpha value is -1.91. The van der Waals surface area contributed by atoms with Gasteiger partial charge in [0.2, 0.25) is 6.79 Å². The van der Waals surface area contributed by atoms with Crippen LogP contribution in [0, 0.1) is 0 Å². The van der Waals surface area contributed by atoms with E-state index >= 15 is 0 Å². The van der Waals surface area contributed by atoms with E-state index in [0.717, 1.165) is 12.8 Å². The summed E-state index contributed by atoms with van der Waals surface area (Å²) in [7, 11) is 0. The highest BCUT2D eigenvalue weighted by Crippen LogP contribution is 2.34. The van der Waals surface area contributed by atoms with E-state index < -0.39 is 0 Å². The average Bonchev–Trinajstić information content (AvgIpc) is 2.83. The highest BCUT2D eigenvalue weighted by atomic mass is 16.7. The molecular weight excluding hydrogens is 232 g/mol. The first-order chi connectivity index (χ1) is 8.72. The first-order valence-electron chi connectivity index (χ1n) is 6.20. The van der Waals surface area contributed by atoms with Crippen molar-refractivity contribution in [3.05, 3.63) is 18.2 Å². The topological polar surface area (TPSA) is 59.6 Å². The third kappa shape index (κ3) is 2.85. The number of rotatable bonds is 4. The quantitative estimate of drug-likeness (QED) is 0.863. The van der Waals surface area contributed by atoms with Crippen molar-refractivity contribution in [3.63, 3.8) is 0 Å². The van der Waals surface area contributed by atoms with Gasteiger partial charge in [-0.3, -0.25) is 0 Å². The molecule has 5 heteroatoms. The first kappa shape index (κ1) is 12.5. The lowest BCUT2D eigenvalue weighted by molar-refractivity contribution is 0.174. The Bertz CT molecular complexity index is 430. The molecular formula is C13H18N2O3. The molecule has 18 heavy (non-hydrogen) atoms. The summed E-state index contributed by atoms with van der Waals surface area (Å²) < 4.78 is 10.5. The number of anilines is 1. The number of ether oxygens (including phenoxy) is 2. The Morgan fingerprint density at radius 2 is 2.00 bits per heavy atom. The van der Waals surface area contributed by atoms with Gasteiger partial charge < -0.3 is 20.1 Å².